The van der Waals surface area contributed by atoms with E-state index >= 15 is 0 Å². The molecule has 3 unspecified atom stereocenters. The zero-order valence-corrected chi connectivity index (χ0v) is 11.4. The first-order valence-electron chi connectivity index (χ1n) is 6.66. The molecular formula is C13H22N2O4. The fraction of sp³-hybridized carbons (Fsp3) is 0.769. The second-order valence-corrected chi connectivity index (χ2v) is 5.37. The Balaban J connectivity index is 2.04. The molecule has 0 aromatic rings. The summed E-state index contributed by atoms with van der Waals surface area (Å²) in [6.45, 7) is 4.48. The molecular weight excluding hydrogens is 248 g/mol. The fourth-order valence-electron chi connectivity index (χ4n) is 1.86. The van der Waals surface area contributed by atoms with Gasteiger partial charge in [0.1, 0.15) is 0 Å². The molecule has 1 fully saturated rings. The van der Waals surface area contributed by atoms with Crippen LogP contribution in [-0.4, -0.2) is 36.0 Å². The van der Waals surface area contributed by atoms with Crippen molar-refractivity contribution < 1.29 is 19.5 Å². The Hall–Kier alpha value is -1.59. The molecule has 0 aliphatic heterocycles. The van der Waals surface area contributed by atoms with E-state index in [0.717, 1.165) is 6.42 Å². The molecule has 0 bridgehead atoms. The van der Waals surface area contributed by atoms with E-state index in [9.17, 15) is 14.4 Å². The predicted molar refractivity (Wildman–Crippen MR) is 69.3 cm³/mol. The minimum absolute atomic E-state index is 0.0274. The Labute approximate surface area is 112 Å². The van der Waals surface area contributed by atoms with Crippen LogP contribution >= 0.6 is 0 Å². The van der Waals surface area contributed by atoms with E-state index in [2.05, 4.69) is 10.6 Å². The SMILES string of the molecule is CC(CNC(=O)CCNC(=O)C1CC1C)CC(=O)O. The molecule has 1 rings (SSSR count). The highest BCUT2D eigenvalue weighted by Gasteiger charge is 2.38. The van der Waals surface area contributed by atoms with Crippen molar-refractivity contribution in [2.75, 3.05) is 13.1 Å². The zero-order valence-electron chi connectivity index (χ0n) is 11.4. The number of carbonyl (C=O) groups excluding carboxylic acids is 2. The average Bonchev–Trinajstić information content (AvgIpc) is 3.03. The van der Waals surface area contributed by atoms with Crippen molar-refractivity contribution in [1.82, 2.24) is 10.6 Å². The van der Waals surface area contributed by atoms with Gasteiger partial charge in [-0.1, -0.05) is 13.8 Å². The lowest BCUT2D eigenvalue weighted by atomic mass is 10.1. The normalized spacial score (nSPS) is 22.4. The van der Waals surface area contributed by atoms with Gasteiger partial charge in [-0.25, -0.2) is 0 Å². The van der Waals surface area contributed by atoms with E-state index in [1.165, 1.54) is 0 Å². The van der Waals surface area contributed by atoms with Crippen LogP contribution in [0.1, 0.15) is 33.1 Å². The molecule has 1 saturated carbocycles. The Morgan fingerprint density at radius 1 is 1.32 bits per heavy atom. The van der Waals surface area contributed by atoms with E-state index in [4.69, 9.17) is 5.11 Å². The molecule has 0 aromatic carbocycles. The monoisotopic (exact) mass is 270 g/mol. The quantitative estimate of drug-likeness (QED) is 0.594. The van der Waals surface area contributed by atoms with Crippen LogP contribution in [-0.2, 0) is 14.4 Å². The third-order valence-corrected chi connectivity index (χ3v) is 3.27. The summed E-state index contributed by atoms with van der Waals surface area (Å²) in [6, 6.07) is 0. The van der Waals surface area contributed by atoms with Crippen LogP contribution in [0.2, 0.25) is 0 Å². The Morgan fingerprint density at radius 3 is 2.47 bits per heavy atom. The van der Waals surface area contributed by atoms with Crippen LogP contribution in [0, 0.1) is 17.8 Å². The lowest BCUT2D eigenvalue weighted by molar-refractivity contribution is -0.138. The highest BCUT2D eigenvalue weighted by molar-refractivity contribution is 5.82. The molecule has 1 aliphatic rings. The van der Waals surface area contributed by atoms with Crippen molar-refractivity contribution in [2.24, 2.45) is 17.8 Å². The maximum absolute atomic E-state index is 11.5. The Kier molecular flexibility index (Phi) is 5.79. The molecule has 2 amide bonds. The number of carbonyl (C=O) groups is 3. The first-order chi connectivity index (χ1) is 8.90. The highest BCUT2D eigenvalue weighted by atomic mass is 16.4. The molecule has 108 valence electrons. The van der Waals surface area contributed by atoms with E-state index in [-0.39, 0.29) is 36.5 Å². The zero-order chi connectivity index (χ0) is 14.4. The molecule has 3 N–H and O–H groups in total. The largest absolute Gasteiger partial charge is 0.481 e. The minimum atomic E-state index is -0.868. The summed E-state index contributed by atoms with van der Waals surface area (Å²) in [5.74, 6) is -0.513. The summed E-state index contributed by atoms with van der Waals surface area (Å²) in [6.07, 6.45) is 1.20. The van der Waals surface area contributed by atoms with E-state index in [1.807, 2.05) is 6.92 Å². The topological polar surface area (TPSA) is 95.5 Å². The molecule has 1 aliphatic carbocycles. The van der Waals surface area contributed by atoms with Gasteiger partial charge in [-0.05, 0) is 18.3 Å². The van der Waals surface area contributed by atoms with E-state index in [1.54, 1.807) is 6.92 Å². The summed E-state index contributed by atoms with van der Waals surface area (Å²) in [4.78, 5) is 33.4. The van der Waals surface area contributed by atoms with Gasteiger partial charge in [-0.15, -0.1) is 0 Å². The van der Waals surface area contributed by atoms with Crippen molar-refractivity contribution in [3.05, 3.63) is 0 Å². The lowest BCUT2D eigenvalue weighted by Crippen LogP contribution is -2.33. The first kappa shape index (κ1) is 15.5. The van der Waals surface area contributed by atoms with Crippen LogP contribution in [0.15, 0.2) is 0 Å². The van der Waals surface area contributed by atoms with Crippen molar-refractivity contribution >= 4 is 17.8 Å². The molecule has 6 heteroatoms. The molecule has 0 spiro atoms. The molecule has 0 aromatic heterocycles. The Bertz CT molecular complexity index is 357. The third-order valence-electron chi connectivity index (χ3n) is 3.27. The number of hydrogen-bond donors (Lipinski definition) is 3. The lowest BCUT2D eigenvalue weighted by Gasteiger charge is -2.10. The number of aliphatic carboxylic acids is 1. The second-order valence-electron chi connectivity index (χ2n) is 5.37. The number of amides is 2. The van der Waals surface area contributed by atoms with Gasteiger partial charge in [0.05, 0.1) is 0 Å². The number of carboxylic acids is 1. The molecule has 0 saturated heterocycles. The van der Waals surface area contributed by atoms with E-state index < -0.39 is 5.97 Å². The van der Waals surface area contributed by atoms with Crippen molar-refractivity contribution in [1.29, 1.82) is 0 Å². The standard InChI is InChI=1S/C13H22N2O4/c1-8(5-12(17)18)7-15-11(16)3-4-14-13(19)10-6-9(10)2/h8-10H,3-7H2,1-2H3,(H,14,19)(H,15,16)(H,17,18). The van der Waals surface area contributed by atoms with Gasteiger partial charge >= 0.3 is 5.97 Å². The molecule has 3 atom stereocenters. The van der Waals surface area contributed by atoms with Crippen molar-refractivity contribution in [3.63, 3.8) is 0 Å². The predicted octanol–water partition coefficient (Wildman–Crippen LogP) is 0.376. The maximum atomic E-state index is 11.5. The summed E-state index contributed by atoms with van der Waals surface area (Å²) >= 11 is 0. The van der Waals surface area contributed by atoms with Gasteiger partial charge in [0, 0.05) is 31.8 Å². The van der Waals surface area contributed by atoms with Crippen LogP contribution in [0.4, 0.5) is 0 Å². The van der Waals surface area contributed by atoms with Crippen LogP contribution in [0.3, 0.4) is 0 Å². The molecule has 19 heavy (non-hydrogen) atoms. The minimum Gasteiger partial charge on any atom is -0.481 e. The summed E-state index contributed by atoms with van der Waals surface area (Å²) in [5.41, 5.74) is 0. The molecule has 6 nitrogen and oxygen atoms in total. The molecule has 0 radical (unpaired) electrons. The van der Waals surface area contributed by atoms with Gasteiger partial charge in [-0.2, -0.15) is 0 Å². The van der Waals surface area contributed by atoms with Crippen molar-refractivity contribution in [3.8, 4) is 0 Å². The Morgan fingerprint density at radius 2 is 1.95 bits per heavy atom. The summed E-state index contributed by atoms with van der Waals surface area (Å²) in [5, 5.41) is 14.0. The second kappa shape index (κ2) is 7.11. The number of rotatable bonds is 8. The smallest absolute Gasteiger partial charge is 0.303 e. The van der Waals surface area contributed by atoms with Crippen LogP contribution in [0.5, 0.6) is 0 Å². The number of hydrogen-bond acceptors (Lipinski definition) is 3. The number of nitrogens with one attached hydrogen (secondary N) is 2. The molecule has 0 heterocycles. The van der Waals surface area contributed by atoms with Crippen molar-refractivity contribution in [2.45, 2.75) is 33.1 Å². The average molecular weight is 270 g/mol. The summed E-state index contributed by atoms with van der Waals surface area (Å²) < 4.78 is 0. The fourth-order valence-corrected chi connectivity index (χ4v) is 1.86. The highest BCUT2D eigenvalue weighted by Crippen LogP contribution is 2.37. The van der Waals surface area contributed by atoms with Gasteiger partial charge in [-0.3, -0.25) is 14.4 Å². The number of carboxylic acid groups (broad SMARTS) is 1. The van der Waals surface area contributed by atoms with E-state index in [0.29, 0.717) is 19.0 Å². The van der Waals surface area contributed by atoms with Gasteiger partial charge < -0.3 is 15.7 Å². The van der Waals surface area contributed by atoms with Crippen LogP contribution < -0.4 is 10.6 Å². The van der Waals surface area contributed by atoms with Gasteiger partial charge in [0.25, 0.3) is 0 Å². The third kappa shape index (κ3) is 6.22. The van der Waals surface area contributed by atoms with Gasteiger partial charge in [0.15, 0.2) is 0 Å². The summed E-state index contributed by atoms with van der Waals surface area (Å²) in [7, 11) is 0. The first-order valence-corrected chi connectivity index (χ1v) is 6.66. The van der Waals surface area contributed by atoms with Crippen LogP contribution in [0.25, 0.3) is 0 Å². The maximum Gasteiger partial charge on any atom is 0.303 e. The van der Waals surface area contributed by atoms with Gasteiger partial charge in [0.2, 0.25) is 11.8 Å².